The van der Waals surface area contributed by atoms with Gasteiger partial charge in [0.1, 0.15) is 24.7 Å². The van der Waals surface area contributed by atoms with Gasteiger partial charge in [0.05, 0.1) is 16.3 Å². The van der Waals surface area contributed by atoms with Crippen LogP contribution < -0.4 is 9.47 Å². The van der Waals surface area contributed by atoms with Crippen molar-refractivity contribution in [1.82, 2.24) is 14.5 Å². The molecule has 0 bridgehead atoms. The Balaban J connectivity index is 1.57. The summed E-state index contributed by atoms with van der Waals surface area (Å²) in [5.41, 5.74) is 5.69. The Morgan fingerprint density at radius 2 is 1.56 bits per heavy atom. The number of sulfone groups is 1. The van der Waals surface area contributed by atoms with E-state index in [1.807, 2.05) is 74.0 Å². The van der Waals surface area contributed by atoms with Crippen LogP contribution in [0, 0.1) is 20.8 Å². The summed E-state index contributed by atoms with van der Waals surface area (Å²) < 4.78 is 44.2. The van der Waals surface area contributed by atoms with Gasteiger partial charge in [-0.1, -0.05) is 18.2 Å². The van der Waals surface area contributed by atoms with Gasteiger partial charge in [-0.15, -0.1) is 0 Å². The molecule has 3 heterocycles. The maximum atomic E-state index is 12.2. The van der Waals surface area contributed by atoms with Gasteiger partial charge in [-0.2, -0.15) is 0 Å². The topological polar surface area (TPSA) is 96.5 Å². The summed E-state index contributed by atoms with van der Waals surface area (Å²) in [5.74, 6) is 3.31. The lowest BCUT2D eigenvalue weighted by Gasteiger charge is -2.19. The fraction of sp³-hybridized carbons (Fsp3) is 0.200. The van der Waals surface area contributed by atoms with E-state index in [4.69, 9.17) is 18.9 Å². The third kappa shape index (κ3) is 4.70. The third-order valence-electron chi connectivity index (χ3n) is 6.65. The number of aryl methyl sites for hydroxylation is 3. The van der Waals surface area contributed by atoms with Gasteiger partial charge >= 0.3 is 0 Å². The highest BCUT2D eigenvalue weighted by atomic mass is 32.2. The molecule has 0 radical (unpaired) electrons. The molecule has 0 atom stereocenters. The lowest BCUT2D eigenvalue weighted by Crippen LogP contribution is -2.15. The largest absolute Gasteiger partial charge is 0.486 e. The minimum absolute atomic E-state index is 0.265. The molecule has 0 N–H and O–H groups in total. The summed E-state index contributed by atoms with van der Waals surface area (Å²) in [4.78, 5) is 9.68. The monoisotopic (exact) mass is 541 g/mol. The number of imidazole rings is 1. The molecule has 0 spiro atoms. The van der Waals surface area contributed by atoms with E-state index < -0.39 is 9.84 Å². The quantitative estimate of drug-likeness (QED) is 0.271. The number of hydrogen-bond donors (Lipinski definition) is 0. The number of benzene rings is 3. The summed E-state index contributed by atoms with van der Waals surface area (Å²) in [7, 11) is -3.36. The normalized spacial score (nSPS) is 13.0. The summed E-state index contributed by atoms with van der Waals surface area (Å²) in [5, 5.41) is 0. The minimum Gasteiger partial charge on any atom is -0.486 e. The van der Waals surface area contributed by atoms with Gasteiger partial charge in [-0.3, -0.25) is 0 Å². The first-order chi connectivity index (χ1) is 18.7. The van der Waals surface area contributed by atoms with Crippen molar-refractivity contribution >= 4 is 9.84 Å². The molecule has 0 amide bonds. The Labute approximate surface area is 226 Å². The SMILES string of the molecule is Cc1cn(-c2ccc(-c3cccc(S(C)(=O)=O)c3)cc2-c2nc(C)oc2-c2ccc3c(c2)OCCO3)c(C)n1. The lowest BCUT2D eigenvalue weighted by molar-refractivity contribution is 0.171. The number of oxazole rings is 1. The first-order valence-electron chi connectivity index (χ1n) is 12.5. The Bertz CT molecular complexity index is 1840. The molecule has 9 heteroatoms. The highest BCUT2D eigenvalue weighted by molar-refractivity contribution is 7.90. The average Bonchev–Trinajstić information content (AvgIpc) is 3.48. The molecular formula is C30H27N3O5S. The van der Waals surface area contributed by atoms with Crippen molar-refractivity contribution in [3.8, 4) is 50.9 Å². The second-order valence-corrected chi connectivity index (χ2v) is 11.6. The first-order valence-corrected chi connectivity index (χ1v) is 14.4. The highest BCUT2D eigenvalue weighted by Gasteiger charge is 2.23. The van der Waals surface area contributed by atoms with Crippen molar-refractivity contribution in [2.24, 2.45) is 0 Å². The maximum Gasteiger partial charge on any atom is 0.192 e. The summed E-state index contributed by atoms with van der Waals surface area (Å²) in [6.45, 7) is 6.72. The molecule has 39 heavy (non-hydrogen) atoms. The first kappa shape index (κ1) is 24.9. The van der Waals surface area contributed by atoms with Crippen LogP contribution in [-0.2, 0) is 9.84 Å². The molecule has 0 saturated heterocycles. The number of fused-ring (bicyclic) bond motifs is 1. The smallest absolute Gasteiger partial charge is 0.192 e. The van der Waals surface area contributed by atoms with Crippen molar-refractivity contribution in [1.29, 1.82) is 0 Å². The van der Waals surface area contributed by atoms with Crippen LogP contribution in [0.2, 0.25) is 0 Å². The second-order valence-electron chi connectivity index (χ2n) is 9.60. The van der Waals surface area contributed by atoms with Gasteiger partial charge in [0, 0.05) is 30.5 Å². The molecule has 0 fully saturated rings. The Hall–Kier alpha value is -4.37. The van der Waals surface area contributed by atoms with E-state index in [0.717, 1.165) is 39.5 Å². The van der Waals surface area contributed by atoms with E-state index in [-0.39, 0.29) is 4.90 Å². The van der Waals surface area contributed by atoms with E-state index in [0.29, 0.717) is 42.1 Å². The molecule has 3 aromatic carbocycles. The van der Waals surface area contributed by atoms with Crippen LogP contribution in [-0.4, -0.2) is 42.4 Å². The van der Waals surface area contributed by atoms with E-state index in [1.54, 1.807) is 18.2 Å². The predicted octanol–water partition coefficient (Wildman–Crippen LogP) is 5.96. The van der Waals surface area contributed by atoms with Gasteiger partial charge in [0.15, 0.2) is 33.0 Å². The fourth-order valence-electron chi connectivity index (χ4n) is 4.87. The van der Waals surface area contributed by atoms with Crippen molar-refractivity contribution in [3.63, 3.8) is 0 Å². The van der Waals surface area contributed by atoms with Crippen molar-refractivity contribution < 1.29 is 22.3 Å². The minimum atomic E-state index is -3.36. The second kappa shape index (κ2) is 9.43. The number of rotatable bonds is 5. The van der Waals surface area contributed by atoms with Crippen LogP contribution in [0.1, 0.15) is 17.4 Å². The van der Waals surface area contributed by atoms with E-state index in [2.05, 4.69) is 4.98 Å². The van der Waals surface area contributed by atoms with E-state index in [9.17, 15) is 8.42 Å². The molecule has 0 saturated carbocycles. The molecule has 5 aromatic rings. The molecule has 1 aliphatic heterocycles. The summed E-state index contributed by atoms with van der Waals surface area (Å²) in [6.07, 6.45) is 3.19. The maximum absolute atomic E-state index is 12.2. The number of aromatic nitrogens is 3. The number of hydrogen-bond acceptors (Lipinski definition) is 7. The highest BCUT2D eigenvalue weighted by Crippen LogP contribution is 2.41. The van der Waals surface area contributed by atoms with Gasteiger partial charge < -0.3 is 18.5 Å². The van der Waals surface area contributed by atoms with E-state index >= 15 is 0 Å². The van der Waals surface area contributed by atoms with Gasteiger partial charge in [-0.25, -0.2) is 18.4 Å². The number of ether oxygens (including phenoxy) is 2. The predicted molar refractivity (Wildman–Crippen MR) is 148 cm³/mol. The van der Waals surface area contributed by atoms with Crippen molar-refractivity contribution in [3.05, 3.63) is 84.3 Å². The van der Waals surface area contributed by atoms with Crippen molar-refractivity contribution in [2.75, 3.05) is 19.5 Å². The van der Waals surface area contributed by atoms with Gasteiger partial charge in [0.25, 0.3) is 0 Å². The van der Waals surface area contributed by atoms with Crippen LogP contribution >= 0.6 is 0 Å². The van der Waals surface area contributed by atoms with Crippen LogP contribution in [0.5, 0.6) is 11.5 Å². The molecule has 198 valence electrons. The van der Waals surface area contributed by atoms with Crippen LogP contribution in [0.3, 0.4) is 0 Å². The zero-order valence-electron chi connectivity index (χ0n) is 22.1. The molecule has 8 nitrogen and oxygen atoms in total. The molecule has 2 aromatic heterocycles. The molecule has 6 rings (SSSR count). The summed E-state index contributed by atoms with van der Waals surface area (Å²) >= 11 is 0. The third-order valence-corrected chi connectivity index (χ3v) is 7.76. The zero-order valence-corrected chi connectivity index (χ0v) is 22.9. The van der Waals surface area contributed by atoms with Gasteiger partial charge in [0.2, 0.25) is 0 Å². The van der Waals surface area contributed by atoms with Crippen LogP contribution in [0.15, 0.2) is 76.2 Å². The van der Waals surface area contributed by atoms with Crippen LogP contribution in [0.25, 0.3) is 39.4 Å². The van der Waals surface area contributed by atoms with Crippen molar-refractivity contribution in [2.45, 2.75) is 25.7 Å². The standard InChI is InChI=1S/C30H27N3O5S/c1-18-17-33(19(2)31-18)26-10-8-22(21-6-5-7-24(14-21)39(4,34)35)15-25(26)29-30(38-20(3)32-29)23-9-11-27-28(16-23)37-13-12-36-27/h5-11,14-17H,12-13H2,1-4H3. The molecule has 0 aliphatic carbocycles. The molecular weight excluding hydrogens is 514 g/mol. The van der Waals surface area contributed by atoms with Crippen LogP contribution in [0.4, 0.5) is 0 Å². The van der Waals surface area contributed by atoms with E-state index in [1.165, 1.54) is 6.26 Å². The average molecular weight is 542 g/mol. The Kier molecular flexibility index (Phi) is 6.03. The van der Waals surface area contributed by atoms with Gasteiger partial charge in [-0.05, 0) is 67.4 Å². The summed E-state index contributed by atoms with van der Waals surface area (Å²) in [6, 6.07) is 18.7. The Morgan fingerprint density at radius 1 is 0.821 bits per heavy atom. The molecule has 0 unspecified atom stereocenters. The lowest BCUT2D eigenvalue weighted by atomic mass is 9.98. The fourth-order valence-corrected chi connectivity index (χ4v) is 5.54. The number of nitrogens with zero attached hydrogens (tertiary/aromatic N) is 3. The molecule has 1 aliphatic rings. The zero-order chi connectivity index (χ0) is 27.3. The Morgan fingerprint density at radius 3 is 2.31 bits per heavy atom.